The topological polar surface area (TPSA) is 101 Å². The Morgan fingerprint density at radius 3 is 2.53 bits per heavy atom. The Bertz CT molecular complexity index is 1090. The summed E-state index contributed by atoms with van der Waals surface area (Å²) in [4.78, 5) is 27.4. The van der Waals surface area contributed by atoms with E-state index in [0.29, 0.717) is 23.7 Å². The maximum absolute atomic E-state index is 14.4. The molecule has 1 saturated carbocycles. The zero-order valence-corrected chi connectivity index (χ0v) is 19.5. The van der Waals surface area contributed by atoms with Gasteiger partial charge in [-0.2, -0.15) is 8.42 Å². The van der Waals surface area contributed by atoms with E-state index in [1.54, 1.807) is 18.2 Å². The lowest BCUT2D eigenvalue weighted by molar-refractivity contribution is -0.131. The zero-order chi connectivity index (χ0) is 23.5. The van der Waals surface area contributed by atoms with Gasteiger partial charge in [0.15, 0.2) is 10.8 Å². The molecule has 2 heterocycles. The molecule has 7 nitrogen and oxygen atoms in total. The lowest BCUT2D eigenvalue weighted by atomic mass is 9.95. The smallest absolute Gasteiger partial charge is 0.308 e. The first-order chi connectivity index (χ1) is 15.1. The van der Waals surface area contributed by atoms with Crippen molar-refractivity contribution in [2.45, 2.75) is 45.7 Å². The molecule has 1 aliphatic heterocycles. The van der Waals surface area contributed by atoms with E-state index in [0.717, 1.165) is 24.8 Å². The summed E-state index contributed by atoms with van der Waals surface area (Å²) in [6, 6.07) is 7.89. The third kappa shape index (κ3) is 6.44. The minimum absolute atomic E-state index is 0.0556. The average molecular weight is 484 g/mol. The number of carbonyl (C=O) groups is 2. The summed E-state index contributed by atoms with van der Waals surface area (Å²) in [6.07, 6.45) is 2.57. The van der Waals surface area contributed by atoms with Crippen LogP contribution in [-0.2, 0) is 32.7 Å². The summed E-state index contributed by atoms with van der Waals surface area (Å²) in [5.74, 6) is -0.696. The average Bonchev–Trinajstić information content (AvgIpc) is 3.49. The van der Waals surface area contributed by atoms with Crippen molar-refractivity contribution in [3.05, 3.63) is 52.2 Å². The molecule has 1 atom stereocenters. The van der Waals surface area contributed by atoms with E-state index in [1.807, 2.05) is 6.07 Å². The Morgan fingerprint density at radius 1 is 1.31 bits per heavy atom. The van der Waals surface area contributed by atoms with E-state index in [2.05, 4.69) is 4.90 Å². The molecule has 1 N–H and O–H groups in total. The van der Waals surface area contributed by atoms with Crippen molar-refractivity contribution >= 4 is 33.2 Å². The third-order valence-corrected chi connectivity index (χ3v) is 7.14. The number of hydrogen-bond donors (Lipinski definition) is 1. The molecule has 0 saturated heterocycles. The molecule has 0 amide bonds. The van der Waals surface area contributed by atoms with Crippen LogP contribution in [0.1, 0.15) is 48.7 Å². The maximum Gasteiger partial charge on any atom is 0.308 e. The van der Waals surface area contributed by atoms with E-state index in [9.17, 15) is 22.4 Å². The number of halogens is 1. The van der Waals surface area contributed by atoms with Crippen LogP contribution in [0, 0.1) is 11.7 Å². The van der Waals surface area contributed by atoms with Crippen LogP contribution in [0.2, 0.25) is 0 Å². The summed E-state index contributed by atoms with van der Waals surface area (Å²) < 4.78 is 46.6. The number of carbonyl (C=O) groups excluding carboxylic acids is 2. The summed E-state index contributed by atoms with van der Waals surface area (Å²) >= 11 is 1.47. The molecule has 0 spiro atoms. The van der Waals surface area contributed by atoms with Gasteiger partial charge in [-0.15, -0.1) is 11.3 Å². The van der Waals surface area contributed by atoms with Gasteiger partial charge in [-0.3, -0.25) is 19.0 Å². The molecule has 1 aromatic carbocycles. The molecule has 10 heteroatoms. The first-order valence-electron chi connectivity index (χ1n) is 10.4. The molecule has 1 aliphatic carbocycles. The molecule has 32 heavy (non-hydrogen) atoms. The van der Waals surface area contributed by atoms with E-state index < -0.39 is 16.2 Å². The molecule has 1 aromatic heterocycles. The van der Waals surface area contributed by atoms with E-state index in [1.165, 1.54) is 36.1 Å². The van der Waals surface area contributed by atoms with Crippen molar-refractivity contribution in [2.75, 3.05) is 12.3 Å². The van der Waals surface area contributed by atoms with E-state index in [-0.39, 0.29) is 29.2 Å². The molecular weight excluding hydrogens is 457 g/mol. The van der Waals surface area contributed by atoms with Crippen LogP contribution in [0.3, 0.4) is 0 Å². The van der Waals surface area contributed by atoms with Crippen LogP contribution >= 0.6 is 11.3 Å². The highest BCUT2D eigenvalue weighted by atomic mass is 32.2. The number of hydrogen-bond acceptors (Lipinski definition) is 7. The fourth-order valence-electron chi connectivity index (χ4n) is 3.56. The Kier molecular flexibility index (Phi) is 7.81. The van der Waals surface area contributed by atoms with Gasteiger partial charge in [0.1, 0.15) is 5.82 Å². The van der Waals surface area contributed by atoms with Crippen molar-refractivity contribution in [3.8, 4) is 5.06 Å². The molecule has 2 aliphatic rings. The summed E-state index contributed by atoms with van der Waals surface area (Å²) in [7, 11) is -3.66. The molecule has 0 radical (unpaired) electrons. The van der Waals surface area contributed by atoms with Crippen LogP contribution in [0.5, 0.6) is 5.06 Å². The van der Waals surface area contributed by atoms with Gasteiger partial charge in [-0.05, 0) is 43.9 Å². The highest BCUT2D eigenvalue weighted by Crippen LogP contribution is 2.41. The third-order valence-electron chi connectivity index (χ3n) is 5.30. The van der Waals surface area contributed by atoms with Crippen molar-refractivity contribution in [2.24, 2.45) is 5.92 Å². The lowest BCUT2D eigenvalue weighted by Gasteiger charge is -2.34. The molecule has 174 valence electrons. The maximum atomic E-state index is 14.4. The van der Waals surface area contributed by atoms with Crippen LogP contribution < -0.4 is 4.74 Å². The highest BCUT2D eigenvalue weighted by Gasteiger charge is 2.40. The number of esters is 1. The minimum Gasteiger partial charge on any atom is -0.416 e. The summed E-state index contributed by atoms with van der Waals surface area (Å²) in [5.41, 5.74) is 1.52. The van der Waals surface area contributed by atoms with Gasteiger partial charge in [-0.25, -0.2) is 4.39 Å². The first-order valence-corrected chi connectivity index (χ1v) is 12.8. The van der Waals surface area contributed by atoms with Gasteiger partial charge in [0.05, 0.1) is 11.8 Å². The van der Waals surface area contributed by atoms with Gasteiger partial charge < -0.3 is 4.74 Å². The second-order valence-corrected chi connectivity index (χ2v) is 10.6. The Hall–Kier alpha value is -2.14. The molecule has 1 unspecified atom stereocenters. The fourth-order valence-corrected chi connectivity index (χ4v) is 4.61. The first kappa shape index (κ1) is 24.5. The van der Waals surface area contributed by atoms with Crippen LogP contribution in [0.4, 0.5) is 4.39 Å². The molecule has 4 rings (SSSR count). The normalized spacial score (nSPS) is 17.0. The van der Waals surface area contributed by atoms with E-state index in [4.69, 9.17) is 9.29 Å². The predicted molar refractivity (Wildman–Crippen MR) is 119 cm³/mol. The summed E-state index contributed by atoms with van der Waals surface area (Å²) in [6.45, 7) is 4.00. The second-order valence-electron chi connectivity index (χ2n) is 7.80. The number of nitrogens with zero attached hydrogens (tertiary/aromatic N) is 1. The van der Waals surface area contributed by atoms with Gasteiger partial charge >= 0.3 is 5.97 Å². The standard InChI is InChI=1S/C20H20FNO3S.C2H6O3S/c1-12(23)25-18-10-14-11-22(9-8-17(14)26-18)19(20(24)13-6-7-13)15-4-2-3-5-16(15)21;1-2-6(3,4)5/h2-5,10,13,19H,6-9,11H2,1H3;2H2,1H3,(H,3,4,5). The Labute approximate surface area is 190 Å². The van der Waals surface area contributed by atoms with E-state index >= 15 is 0 Å². The van der Waals surface area contributed by atoms with Crippen LogP contribution in [0.25, 0.3) is 0 Å². The number of thiophene rings is 1. The predicted octanol–water partition coefficient (Wildman–Crippen LogP) is 3.79. The largest absolute Gasteiger partial charge is 0.416 e. The molecule has 0 bridgehead atoms. The monoisotopic (exact) mass is 483 g/mol. The number of Topliss-reactive ketones (excluding diaryl/α,β-unsaturated/α-hetero) is 1. The SMILES string of the molecule is CC(=O)Oc1cc2c(s1)CCN(C(C(=O)C1CC1)c1ccccc1F)C2.CCS(=O)(=O)O. The fraction of sp³-hybridized carbons (Fsp3) is 0.455. The highest BCUT2D eigenvalue weighted by molar-refractivity contribution is 7.85. The van der Waals surface area contributed by atoms with Crippen molar-refractivity contribution in [3.63, 3.8) is 0 Å². The number of ketones is 1. The van der Waals surface area contributed by atoms with Gasteiger partial charge in [0, 0.05) is 36.4 Å². The number of benzene rings is 1. The van der Waals surface area contributed by atoms with Crippen LogP contribution in [-0.4, -0.2) is 41.9 Å². The Balaban J connectivity index is 0.000000427. The van der Waals surface area contributed by atoms with Crippen LogP contribution in [0.15, 0.2) is 30.3 Å². The zero-order valence-electron chi connectivity index (χ0n) is 17.9. The minimum atomic E-state index is -3.66. The molecule has 1 fully saturated rings. The van der Waals surface area contributed by atoms with Crippen molar-refractivity contribution < 1.29 is 31.7 Å². The Morgan fingerprint density at radius 2 is 1.97 bits per heavy atom. The quantitative estimate of drug-likeness (QED) is 0.493. The van der Waals surface area contributed by atoms with Gasteiger partial charge in [0.25, 0.3) is 10.1 Å². The molecule has 2 aromatic rings. The number of rotatable bonds is 6. The second kappa shape index (κ2) is 10.2. The number of fused-ring (bicyclic) bond motifs is 1. The van der Waals surface area contributed by atoms with Gasteiger partial charge in [-0.1, -0.05) is 18.2 Å². The van der Waals surface area contributed by atoms with Crippen molar-refractivity contribution in [1.82, 2.24) is 4.90 Å². The van der Waals surface area contributed by atoms with Gasteiger partial charge in [0.2, 0.25) is 0 Å². The van der Waals surface area contributed by atoms with Crippen molar-refractivity contribution in [1.29, 1.82) is 0 Å². The molecular formula is C22H26FNO6S2. The number of ether oxygens (including phenoxy) is 1. The lowest BCUT2D eigenvalue weighted by Crippen LogP contribution is -2.38. The summed E-state index contributed by atoms with van der Waals surface area (Å²) in [5, 5.41) is 0.584.